The van der Waals surface area contributed by atoms with Gasteiger partial charge in [0.15, 0.2) is 0 Å². The van der Waals surface area contributed by atoms with Crippen LogP contribution in [0.2, 0.25) is 10.0 Å². The molecule has 4 rings (SSSR count). The number of para-hydroxylation sites is 1. The first kappa shape index (κ1) is 18.1. The highest BCUT2D eigenvalue weighted by atomic mass is 35.5. The maximum atomic E-state index is 13.3. The van der Waals surface area contributed by atoms with Gasteiger partial charge in [0.2, 0.25) is 0 Å². The van der Waals surface area contributed by atoms with Crippen LogP contribution in [-0.4, -0.2) is 29.8 Å². The van der Waals surface area contributed by atoms with Crippen molar-refractivity contribution in [3.63, 3.8) is 0 Å². The first-order valence-corrected chi connectivity index (χ1v) is 9.72. The van der Waals surface area contributed by atoms with E-state index in [1.807, 2.05) is 4.90 Å². The molecule has 2 heterocycles. The monoisotopic (exact) mass is 400 g/mol. The van der Waals surface area contributed by atoms with Crippen molar-refractivity contribution in [1.82, 2.24) is 4.90 Å². The molecule has 2 aliphatic rings. The summed E-state index contributed by atoms with van der Waals surface area (Å²) in [5, 5.41) is 0.952. The van der Waals surface area contributed by atoms with Crippen molar-refractivity contribution in [2.24, 2.45) is 0 Å². The summed E-state index contributed by atoms with van der Waals surface area (Å²) >= 11 is 12.3. The van der Waals surface area contributed by atoms with Crippen molar-refractivity contribution in [1.29, 1.82) is 0 Å². The number of nitrogens with zero attached hydrogens (tertiary/aromatic N) is 2. The number of anilines is 1. The predicted octanol–water partition coefficient (Wildman–Crippen LogP) is 4.76. The van der Waals surface area contributed by atoms with E-state index in [1.165, 1.54) is 4.90 Å². The number of hydrogen-bond acceptors (Lipinski definition) is 3. The van der Waals surface area contributed by atoms with Gasteiger partial charge >= 0.3 is 0 Å². The third-order valence-electron chi connectivity index (χ3n) is 4.96. The van der Waals surface area contributed by atoms with Crippen LogP contribution in [0.15, 0.2) is 54.2 Å². The molecular formula is C21H18Cl2N2O2. The molecule has 0 unspecified atom stereocenters. The fraction of sp³-hybridized carbons (Fsp3) is 0.238. The van der Waals surface area contributed by atoms with E-state index in [0.29, 0.717) is 32.6 Å². The van der Waals surface area contributed by atoms with Gasteiger partial charge in [-0.3, -0.25) is 9.59 Å². The maximum Gasteiger partial charge on any atom is 0.282 e. The Morgan fingerprint density at radius 3 is 2.11 bits per heavy atom. The second-order valence-corrected chi connectivity index (χ2v) is 7.52. The van der Waals surface area contributed by atoms with Gasteiger partial charge in [-0.25, -0.2) is 4.90 Å². The molecule has 0 N–H and O–H groups in total. The number of halogens is 2. The standard InChI is InChI=1S/C21H18Cl2N2O2/c22-15-10-8-14(9-11-15)18-19(24-12-4-1-5-13-24)21(27)25(20(18)26)17-7-3-2-6-16(17)23/h2-3,6-11H,1,4-5,12-13H2. The zero-order valence-electron chi connectivity index (χ0n) is 14.6. The van der Waals surface area contributed by atoms with E-state index in [2.05, 4.69) is 0 Å². The fourth-order valence-corrected chi connectivity index (χ4v) is 4.00. The number of carbonyl (C=O) groups excluding carboxylic acids is 2. The average molecular weight is 401 g/mol. The minimum absolute atomic E-state index is 0.319. The lowest BCUT2D eigenvalue weighted by molar-refractivity contribution is -0.120. The minimum atomic E-state index is -0.351. The minimum Gasteiger partial charge on any atom is -0.366 e. The van der Waals surface area contributed by atoms with Crippen LogP contribution in [0, 0.1) is 0 Å². The molecule has 4 nitrogen and oxygen atoms in total. The lowest BCUT2D eigenvalue weighted by atomic mass is 10.0. The number of benzene rings is 2. The molecule has 2 aliphatic heterocycles. The van der Waals surface area contributed by atoms with E-state index >= 15 is 0 Å². The number of amides is 2. The second kappa shape index (κ2) is 7.37. The number of piperidine rings is 1. The summed E-state index contributed by atoms with van der Waals surface area (Å²) in [5.41, 5.74) is 1.97. The lowest BCUT2D eigenvalue weighted by Crippen LogP contribution is -2.37. The molecule has 0 atom stereocenters. The summed E-state index contributed by atoms with van der Waals surface area (Å²) in [6.45, 7) is 1.53. The summed E-state index contributed by atoms with van der Waals surface area (Å²) in [6, 6.07) is 13.9. The van der Waals surface area contributed by atoms with E-state index < -0.39 is 0 Å². The topological polar surface area (TPSA) is 40.6 Å². The van der Waals surface area contributed by atoms with Crippen molar-refractivity contribution in [2.75, 3.05) is 18.0 Å². The van der Waals surface area contributed by atoms with Crippen LogP contribution >= 0.6 is 23.2 Å². The van der Waals surface area contributed by atoms with Crippen molar-refractivity contribution < 1.29 is 9.59 Å². The summed E-state index contributed by atoms with van der Waals surface area (Å²) in [4.78, 5) is 29.9. The molecular weight excluding hydrogens is 383 g/mol. The SMILES string of the molecule is O=C1C(c2ccc(Cl)cc2)=C(N2CCCCC2)C(=O)N1c1ccccc1Cl. The number of rotatable bonds is 3. The summed E-state index contributed by atoms with van der Waals surface area (Å²) in [5.74, 6) is -0.670. The molecule has 0 spiro atoms. The smallest absolute Gasteiger partial charge is 0.282 e. The number of imide groups is 1. The molecule has 2 aromatic carbocycles. The highest BCUT2D eigenvalue weighted by Crippen LogP contribution is 2.38. The highest BCUT2D eigenvalue weighted by Gasteiger charge is 2.43. The van der Waals surface area contributed by atoms with Gasteiger partial charge in [-0.2, -0.15) is 0 Å². The molecule has 0 bridgehead atoms. The second-order valence-electron chi connectivity index (χ2n) is 6.68. The van der Waals surface area contributed by atoms with Crippen LogP contribution in [-0.2, 0) is 9.59 Å². The van der Waals surface area contributed by atoms with Crippen LogP contribution in [0.5, 0.6) is 0 Å². The van der Waals surface area contributed by atoms with Crippen LogP contribution in [0.25, 0.3) is 5.57 Å². The van der Waals surface area contributed by atoms with Crippen molar-refractivity contribution in [3.8, 4) is 0 Å². The van der Waals surface area contributed by atoms with Gasteiger partial charge in [0.05, 0.1) is 16.3 Å². The van der Waals surface area contributed by atoms with E-state index in [-0.39, 0.29) is 11.8 Å². The lowest BCUT2D eigenvalue weighted by Gasteiger charge is -2.29. The number of carbonyl (C=O) groups is 2. The molecule has 0 saturated carbocycles. The van der Waals surface area contributed by atoms with Gasteiger partial charge in [0.25, 0.3) is 11.8 Å². The first-order valence-electron chi connectivity index (χ1n) is 8.96. The van der Waals surface area contributed by atoms with Crippen molar-refractivity contribution >= 4 is 46.3 Å². The van der Waals surface area contributed by atoms with Crippen LogP contribution in [0.3, 0.4) is 0 Å². The molecule has 2 amide bonds. The molecule has 27 heavy (non-hydrogen) atoms. The van der Waals surface area contributed by atoms with E-state index in [0.717, 1.165) is 32.4 Å². The van der Waals surface area contributed by atoms with Crippen LogP contribution < -0.4 is 4.90 Å². The van der Waals surface area contributed by atoms with Gasteiger partial charge < -0.3 is 4.90 Å². The normalized spacial score (nSPS) is 17.9. The molecule has 1 fully saturated rings. The van der Waals surface area contributed by atoms with Crippen molar-refractivity contribution in [2.45, 2.75) is 19.3 Å². The van der Waals surface area contributed by atoms with Gasteiger partial charge in [0, 0.05) is 18.1 Å². The van der Waals surface area contributed by atoms with E-state index in [1.54, 1.807) is 48.5 Å². The Labute approximate surface area is 168 Å². The van der Waals surface area contributed by atoms with Crippen LogP contribution in [0.1, 0.15) is 24.8 Å². The molecule has 6 heteroatoms. The Balaban J connectivity index is 1.84. The zero-order valence-corrected chi connectivity index (χ0v) is 16.1. The van der Waals surface area contributed by atoms with Gasteiger partial charge in [-0.1, -0.05) is 47.5 Å². The first-order chi connectivity index (χ1) is 13.1. The van der Waals surface area contributed by atoms with Crippen LogP contribution in [0.4, 0.5) is 5.69 Å². The molecule has 1 saturated heterocycles. The van der Waals surface area contributed by atoms with Gasteiger partial charge in [0.1, 0.15) is 5.70 Å². The molecule has 2 aromatic rings. The Kier molecular flexibility index (Phi) is 4.94. The maximum absolute atomic E-state index is 13.3. The van der Waals surface area contributed by atoms with Crippen molar-refractivity contribution in [3.05, 3.63) is 69.8 Å². The largest absolute Gasteiger partial charge is 0.366 e. The Morgan fingerprint density at radius 1 is 0.778 bits per heavy atom. The zero-order chi connectivity index (χ0) is 19.0. The Bertz CT molecular complexity index is 931. The molecule has 0 radical (unpaired) electrons. The molecule has 0 aromatic heterocycles. The average Bonchev–Trinajstić information content (AvgIpc) is 2.94. The van der Waals surface area contributed by atoms with E-state index in [9.17, 15) is 9.59 Å². The highest BCUT2D eigenvalue weighted by molar-refractivity contribution is 6.47. The Hall–Kier alpha value is -2.30. The predicted molar refractivity (Wildman–Crippen MR) is 108 cm³/mol. The number of likely N-dealkylation sites (tertiary alicyclic amines) is 1. The summed E-state index contributed by atoms with van der Waals surface area (Å²) < 4.78 is 0. The van der Waals surface area contributed by atoms with E-state index in [4.69, 9.17) is 23.2 Å². The summed E-state index contributed by atoms with van der Waals surface area (Å²) in [6.07, 6.45) is 3.15. The summed E-state index contributed by atoms with van der Waals surface area (Å²) in [7, 11) is 0. The quantitative estimate of drug-likeness (QED) is 0.697. The third-order valence-corrected chi connectivity index (χ3v) is 5.53. The third kappa shape index (κ3) is 3.24. The molecule has 138 valence electrons. The van der Waals surface area contributed by atoms with Gasteiger partial charge in [-0.05, 0) is 49.1 Å². The van der Waals surface area contributed by atoms with Gasteiger partial charge in [-0.15, -0.1) is 0 Å². The number of hydrogen-bond donors (Lipinski definition) is 0. The fourth-order valence-electron chi connectivity index (χ4n) is 3.66. The Morgan fingerprint density at radius 2 is 1.44 bits per heavy atom. The molecule has 0 aliphatic carbocycles.